The van der Waals surface area contributed by atoms with Crippen molar-refractivity contribution in [3.05, 3.63) is 70.3 Å². The molecule has 1 aliphatic carbocycles. The molecule has 0 fully saturated rings. The van der Waals surface area contributed by atoms with Gasteiger partial charge in [-0.1, -0.05) is 53.6 Å². The van der Waals surface area contributed by atoms with E-state index in [1.54, 1.807) is 0 Å². The standard InChI is InChI=1S/C17H16O/c1-11-3-6-13(7-4-11)15-10-17(18)14-8-5-12(2)9-16(14)15/h3-9,15H,10H2,1-2H3. The van der Waals surface area contributed by atoms with Crippen molar-refractivity contribution < 1.29 is 4.79 Å². The summed E-state index contributed by atoms with van der Waals surface area (Å²) in [6.07, 6.45) is 0.613. The number of carbonyl (C=O) groups is 1. The Morgan fingerprint density at radius 2 is 1.61 bits per heavy atom. The average molecular weight is 236 g/mol. The third-order valence-corrected chi connectivity index (χ3v) is 3.75. The van der Waals surface area contributed by atoms with Crippen LogP contribution in [0.15, 0.2) is 42.5 Å². The summed E-state index contributed by atoms with van der Waals surface area (Å²) in [5, 5.41) is 0. The predicted octanol–water partition coefficient (Wildman–Crippen LogP) is 4.02. The first-order valence-corrected chi connectivity index (χ1v) is 6.35. The summed E-state index contributed by atoms with van der Waals surface area (Å²) in [6.45, 7) is 4.16. The van der Waals surface area contributed by atoms with Gasteiger partial charge in [0.1, 0.15) is 0 Å². The highest BCUT2D eigenvalue weighted by molar-refractivity contribution is 6.02. The molecule has 2 aromatic rings. The van der Waals surface area contributed by atoms with Crippen LogP contribution in [0.25, 0.3) is 0 Å². The molecule has 1 nitrogen and oxygen atoms in total. The van der Waals surface area contributed by atoms with Crippen LogP contribution in [0.4, 0.5) is 0 Å². The molecule has 0 bridgehead atoms. The first-order chi connectivity index (χ1) is 8.65. The van der Waals surface area contributed by atoms with E-state index in [0.29, 0.717) is 6.42 Å². The highest BCUT2D eigenvalue weighted by atomic mass is 16.1. The van der Waals surface area contributed by atoms with Crippen LogP contribution in [-0.2, 0) is 0 Å². The minimum atomic E-state index is 0.244. The van der Waals surface area contributed by atoms with Crippen LogP contribution in [0, 0.1) is 13.8 Å². The fraction of sp³-hybridized carbons (Fsp3) is 0.235. The van der Waals surface area contributed by atoms with Crippen molar-refractivity contribution in [1.29, 1.82) is 0 Å². The van der Waals surface area contributed by atoms with E-state index in [2.05, 4.69) is 44.2 Å². The summed E-state index contributed by atoms with van der Waals surface area (Å²) < 4.78 is 0. The van der Waals surface area contributed by atoms with Crippen molar-refractivity contribution >= 4 is 5.78 Å². The van der Waals surface area contributed by atoms with Gasteiger partial charge in [0.25, 0.3) is 0 Å². The summed E-state index contributed by atoms with van der Waals surface area (Å²) >= 11 is 0. The molecule has 1 unspecified atom stereocenters. The minimum Gasteiger partial charge on any atom is -0.294 e. The second-order valence-corrected chi connectivity index (χ2v) is 5.18. The number of benzene rings is 2. The van der Waals surface area contributed by atoms with E-state index < -0.39 is 0 Å². The number of fused-ring (bicyclic) bond motifs is 1. The normalized spacial score (nSPS) is 17.9. The molecule has 0 amide bonds. The summed E-state index contributed by atoms with van der Waals surface area (Å²) in [5.74, 6) is 0.517. The molecule has 0 spiro atoms. The van der Waals surface area contributed by atoms with E-state index in [1.165, 1.54) is 22.3 Å². The quantitative estimate of drug-likeness (QED) is 0.730. The van der Waals surface area contributed by atoms with Gasteiger partial charge in [-0.15, -0.1) is 0 Å². The molecular weight excluding hydrogens is 220 g/mol. The van der Waals surface area contributed by atoms with Gasteiger partial charge < -0.3 is 0 Å². The predicted molar refractivity (Wildman–Crippen MR) is 73.1 cm³/mol. The second kappa shape index (κ2) is 4.09. The number of hydrogen-bond acceptors (Lipinski definition) is 1. The molecule has 1 aliphatic rings. The molecule has 0 aliphatic heterocycles. The van der Waals surface area contributed by atoms with Gasteiger partial charge in [-0.25, -0.2) is 0 Å². The average Bonchev–Trinajstić information content (AvgIpc) is 2.67. The molecule has 0 saturated heterocycles. The first kappa shape index (κ1) is 11.2. The van der Waals surface area contributed by atoms with E-state index in [0.717, 1.165) is 5.56 Å². The summed E-state index contributed by atoms with van der Waals surface area (Å²) in [4.78, 5) is 12.0. The summed E-state index contributed by atoms with van der Waals surface area (Å²) in [5.41, 5.74) is 5.83. The molecule has 3 rings (SSSR count). The van der Waals surface area contributed by atoms with Gasteiger partial charge in [0.2, 0.25) is 0 Å². The second-order valence-electron chi connectivity index (χ2n) is 5.18. The van der Waals surface area contributed by atoms with Crippen molar-refractivity contribution in [2.45, 2.75) is 26.2 Å². The van der Waals surface area contributed by atoms with Crippen molar-refractivity contribution in [1.82, 2.24) is 0 Å². The molecule has 0 aromatic heterocycles. The van der Waals surface area contributed by atoms with Gasteiger partial charge in [0, 0.05) is 17.9 Å². The van der Waals surface area contributed by atoms with Gasteiger partial charge in [-0.3, -0.25) is 4.79 Å². The van der Waals surface area contributed by atoms with Crippen LogP contribution in [0.1, 0.15) is 45.0 Å². The van der Waals surface area contributed by atoms with E-state index in [-0.39, 0.29) is 11.7 Å². The van der Waals surface area contributed by atoms with E-state index >= 15 is 0 Å². The number of aryl methyl sites for hydroxylation is 2. The molecule has 1 heteroatoms. The van der Waals surface area contributed by atoms with Crippen molar-refractivity contribution in [3.63, 3.8) is 0 Å². The third kappa shape index (κ3) is 1.76. The Morgan fingerprint density at radius 1 is 0.944 bits per heavy atom. The molecule has 0 N–H and O–H groups in total. The lowest BCUT2D eigenvalue weighted by atomic mass is 9.92. The van der Waals surface area contributed by atoms with Gasteiger partial charge in [0.05, 0.1) is 0 Å². The maximum Gasteiger partial charge on any atom is 0.164 e. The maximum atomic E-state index is 12.0. The lowest BCUT2D eigenvalue weighted by Gasteiger charge is -2.12. The van der Waals surface area contributed by atoms with Gasteiger partial charge in [-0.2, -0.15) is 0 Å². The number of ketones is 1. The zero-order valence-corrected chi connectivity index (χ0v) is 10.7. The number of carbonyl (C=O) groups excluding carboxylic acids is 1. The first-order valence-electron chi connectivity index (χ1n) is 6.35. The largest absolute Gasteiger partial charge is 0.294 e. The Morgan fingerprint density at radius 3 is 2.33 bits per heavy atom. The fourth-order valence-corrected chi connectivity index (χ4v) is 2.73. The molecule has 18 heavy (non-hydrogen) atoms. The molecule has 0 radical (unpaired) electrons. The molecule has 1 atom stereocenters. The smallest absolute Gasteiger partial charge is 0.164 e. The Kier molecular flexibility index (Phi) is 2.55. The zero-order valence-electron chi connectivity index (χ0n) is 10.7. The van der Waals surface area contributed by atoms with Gasteiger partial charge in [-0.05, 0) is 25.0 Å². The van der Waals surface area contributed by atoms with Gasteiger partial charge in [0.15, 0.2) is 5.78 Å². The van der Waals surface area contributed by atoms with Crippen LogP contribution in [0.2, 0.25) is 0 Å². The summed E-state index contributed by atoms with van der Waals surface area (Å²) in [7, 11) is 0. The monoisotopic (exact) mass is 236 g/mol. The Bertz CT molecular complexity index is 608. The maximum absolute atomic E-state index is 12.0. The number of rotatable bonds is 1. The molecular formula is C17H16O. The van der Waals surface area contributed by atoms with Crippen LogP contribution >= 0.6 is 0 Å². The van der Waals surface area contributed by atoms with Crippen molar-refractivity contribution in [2.24, 2.45) is 0 Å². The van der Waals surface area contributed by atoms with E-state index in [4.69, 9.17) is 0 Å². The van der Waals surface area contributed by atoms with E-state index in [9.17, 15) is 4.79 Å². The minimum absolute atomic E-state index is 0.244. The highest BCUT2D eigenvalue weighted by Crippen LogP contribution is 2.38. The van der Waals surface area contributed by atoms with Crippen molar-refractivity contribution in [2.75, 3.05) is 0 Å². The fourth-order valence-electron chi connectivity index (χ4n) is 2.73. The molecule has 90 valence electrons. The molecule has 0 saturated carbocycles. The van der Waals surface area contributed by atoms with Crippen LogP contribution in [0.5, 0.6) is 0 Å². The van der Waals surface area contributed by atoms with Gasteiger partial charge >= 0.3 is 0 Å². The van der Waals surface area contributed by atoms with Crippen LogP contribution in [0.3, 0.4) is 0 Å². The van der Waals surface area contributed by atoms with Crippen LogP contribution in [-0.4, -0.2) is 5.78 Å². The molecule has 0 heterocycles. The SMILES string of the molecule is Cc1ccc(C2CC(=O)c3ccc(C)cc32)cc1. The number of hydrogen-bond donors (Lipinski definition) is 0. The highest BCUT2D eigenvalue weighted by Gasteiger charge is 2.30. The topological polar surface area (TPSA) is 17.1 Å². The molecule has 2 aromatic carbocycles. The van der Waals surface area contributed by atoms with E-state index in [1.807, 2.05) is 12.1 Å². The number of Topliss-reactive ketones (excluding diaryl/α,β-unsaturated/α-hetero) is 1. The lowest BCUT2D eigenvalue weighted by Crippen LogP contribution is -1.97. The zero-order chi connectivity index (χ0) is 12.7. The Labute approximate surface area is 107 Å². The summed E-state index contributed by atoms with van der Waals surface area (Å²) in [6, 6.07) is 14.7. The lowest BCUT2D eigenvalue weighted by molar-refractivity contribution is 0.0991. The van der Waals surface area contributed by atoms with Crippen molar-refractivity contribution in [3.8, 4) is 0 Å². The third-order valence-electron chi connectivity index (χ3n) is 3.75. The Hall–Kier alpha value is -1.89. The Balaban J connectivity index is 2.09. The van der Waals surface area contributed by atoms with Crippen LogP contribution < -0.4 is 0 Å².